The molecule has 2 rings (SSSR count). The molecule has 0 aliphatic carbocycles. The molecule has 25 heavy (non-hydrogen) atoms. The number of aliphatic carboxylic acids is 1. The first kappa shape index (κ1) is 18.6. The number of carbonyl (C=O) groups excluding carboxylic acids is 1. The van der Waals surface area contributed by atoms with E-state index >= 15 is 0 Å². The molecule has 0 spiro atoms. The fourth-order valence-electron chi connectivity index (χ4n) is 2.68. The van der Waals surface area contributed by atoms with Crippen LogP contribution in [-0.4, -0.2) is 17.0 Å². The first-order valence-electron chi connectivity index (χ1n) is 8.28. The van der Waals surface area contributed by atoms with Crippen molar-refractivity contribution in [2.24, 2.45) is 5.92 Å². The Labute approximate surface area is 146 Å². The van der Waals surface area contributed by atoms with Gasteiger partial charge in [-0.3, -0.25) is 9.59 Å². The zero-order valence-corrected chi connectivity index (χ0v) is 14.1. The monoisotopic (exact) mass is 343 g/mol. The standard InChI is InChI=1S/C20H22FNO3/c1-14(13-16-9-5-6-10-17(16)21)20(25)22-18(11-12-19(23)24)15-7-3-2-4-8-15/h2-10,14,18H,11-13H2,1H3,(H,22,25)(H,23,24). The summed E-state index contributed by atoms with van der Waals surface area (Å²) in [5.74, 6) is -1.88. The van der Waals surface area contributed by atoms with Crippen LogP contribution in [0.4, 0.5) is 4.39 Å². The minimum atomic E-state index is -0.908. The van der Waals surface area contributed by atoms with Crippen molar-refractivity contribution in [2.75, 3.05) is 0 Å². The van der Waals surface area contributed by atoms with Gasteiger partial charge in [-0.25, -0.2) is 4.39 Å². The Morgan fingerprint density at radius 2 is 1.72 bits per heavy atom. The van der Waals surface area contributed by atoms with Gasteiger partial charge in [0.25, 0.3) is 0 Å². The summed E-state index contributed by atoms with van der Waals surface area (Å²) < 4.78 is 13.8. The van der Waals surface area contributed by atoms with Crippen molar-refractivity contribution in [3.8, 4) is 0 Å². The van der Waals surface area contributed by atoms with Crippen molar-refractivity contribution in [1.82, 2.24) is 5.32 Å². The van der Waals surface area contributed by atoms with E-state index in [4.69, 9.17) is 5.11 Å². The van der Waals surface area contributed by atoms with Crippen molar-refractivity contribution in [3.63, 3.8) is 0 Å². The van der Waals surface area contributed by atoms with E-state index in [1.54, 1.807) is 25.1 Å². The summed E-state index contributed by atoms with van der Waals surface area (Å²) in [7, 11) is 0. The third-order valence-electron chi connectivity index (χ3n) is 4.10. The molecule has 0 aliphatic rings. The van der Waals surface area contributed by atoms with Crippen LogP contribution in [0, 0.1) is 11.7 Å². The minimum Gasteiger partial charge on any atom is -0.481 e. The summed E-state index contributed by atoms with van der Waals surface area (Å²) in [6.07, 6.45) is 0.554. The highest BCUT2D eigenvalue weighted by atomic mass is 19.1. The van der Waals surface area contributed by atoms with Crippen LogP contribution in [0.2, 0.25) is 0 Å². The van der Waals surface area contributed by atoms with Gasteiger partial charge in [0.15, 0.2) is 0 Å². The highest BCUT2D eigenvalue weighted by molar-refractivity contribution is 5.79. The molecule has 1 amide bonds. The average molecular weight is 343 g/mol. The van der Waals surface area contributed by atoms with Crippen molar-refractivity contribution >= 4 is 11.9 Å². The maximum atomic E-state index is 13.8. The molecule has 0 heterocycles. The van der Waals surface area contributed by atoms with E-state index in [0.29, 0.717) is 18.4 Å². The first-order chi connectivity index (χ1) is 12.0. The van der Waals surface area contributed by atoms with E-state index in [1.807, 2.05) is 30.3 Å². The van der Waals surface area contributed by atoms with Gasteiger partial charge in [-0.2, -0.15) is 0 Å². The third-order valence-corrected chi connectivity index (χ3v) is 4.10. The maximum Gasteiger partial charge on any atom is 0.303 e. The Balaban J connectivity index is 2.05. The van der Waals surface area contributed by atoms with Crippen LogP contribution in [-0.2, 0) is 16.0 Å². The molecule has 132 valence electrons. The lowest BCUT2D eigenvalue weighted by molar-refractivity contribution is -0.137. The molecule has 0 radical (unpaired) electrons. The number of carboxylic acid groups (broad SMARTS) is 1. The SMILES string of the molecule is CC(Cc1ccccc1F)C(=O)NC(CCC(=O)O)c1ccccc1. The molecule has 2 N–H and O–H groups in total. The lowest BCUT2D eigenvalue weighted by Gasteiger charge is -2.21. The highest BCUT2D eigenvalue weighted by Crippen LogP contribution is 2.20. The predicted molar refractivity (Wildman–Crippen MR) is 93.5 cm³/mol. The van der Waals surface area contributed by atoms with Gasteiger partial charge < -0.3 is 10.4 Å². The Bertz CT molecular complexity index is 718. The first-order valence-corrected chi connectivity index (χ1v) is 8.28. The van der Waals surface area contributed by atoms with Crippen molar-refractivity contribution in [3.05, 3.63) is 71.5 Å². The van der Waals surface area contributed by atoms with Gasteiger partial charge in [-0.1, -0.05) is 55.5 Å². The van der Waals surface area contributed by atoms with Gasteiger partial charge in [0.1, 0.15) is 5.82 Å². The fraction of sp³-hybridized carbons (Fsp3) is 0.300. The molecule has 5 heteroatoms. The lowest BCUT2D eigenvalue weighted by Crippen LogP contribution is -2.34. The molecule has 0 aliphatic heterocycles. The second kappa shape index (κ2) is 8.97. The summed E-state index contributed by atoms with van der Waals surface area (Å²) in [5, 5.41) is 11.8. The Hall–Kier alpha value is -2.69. The number of halogens is 1. The quantitative estimate of drug-likeness (QED) is 0.767. The van der Waals surface area contributed by atoms with Crippen LogP contribution >= 0.6 is 0 Å². The number of rotatable bonds is 8. The second-order valence-corrected chi connectivity index (χ2v) is 6.10. The van der Waals surface area contributed by atoms with Crippen LogP contribution in [0.5, 0.6) is 0 Å². The molecular formula is C20H22FNO3. The van der Waals surface area contributed by atoms with Crippen LogP contribution < -0.4 is 5.32 Å². The van der Waals surface area contributed by atoms with Crippen molar-refractivity contribution in [2.45, 2.75) is 32.2 Å². The molecule has 0 bridgehead atoms. The number of hydrogen-bond donors (Lipinski definition) is 2. The summed E-state index contributed by atoms with van der Waals surface area (Å²) in [5.41, 5.74) is 1.35. The molecule has 0 fully saturated rings. The van der Waals surface area contributed by atoms with Crippen molar-refractivity contribution in [1.29, 1.82) is 0 Å². The van der Waals surface area contributed by atoms with Crippen LogP contribution in [0.15, 0.2) is 54.6 Å². The van der Waals surface area contributed by atoms with Gasteiger partial charge in [-0.05, 0) is 30.0 Å². The molecule has 0 saturated heterocycles. The Morgan fingerprint density at radius 1 is 1.08 bits per heavy atom. The maximum absolute atomic E-state index is 13.8. The van der Waals surface area contributed by atoms with E-state index in [0.717, 1.165) is 5.56 Å². The van der Waals surface area contributed by atoms with Crippen LogP contribution in [0.3, 0.4) is 0 Å². The predicted octanol–water partition coefficient (Wildman–Crippen LogP) is 3.73. The molecule has 2 aromatic rings. The number of nitrogens with one attached hydrogen (secondary N) is 1. The zero-order valence-electron chi connectivity index (χ0n) is 14.1. The van der Waals surface area contributed by atoms with Gasteiger partial charge in [0, 0.05) is 12.3 Å². The molecule has 0 saturated carbocycles. The molecular weight excluding hydrogens is 321 g/mol. The van der Waals surface area contributed by atoms with E-state index in [1.165, 1.54) is 6.07 Å². The molecule has 2 unspecified atom stereocenters. The largest absolute Gasteiger partial charge is 0.481 e. The van der Waals surface area contributed by atoms with Crippen molar-refractivity contribution < 1.29 is 19.1 Å². The second-order valence-electron chi connectivity index (χ2n) is 6.10. The Kier molecular flexibility index (Phi) is 6.69. The highest BCUT2D eigenvalue weighted by Gasteiger charge is 2.21. The van der Waals surface area contributed by atoms with E-state index in [9.17, 15) is 14.0 Å². The fourth-order valence-corrected chi connectivity index (χ4v) is 2.68. The van der Waals surface area contributed by atoms with Gasteiger partial charge >= 0.3 is 5.97 Å². The zero-order chi connectivity index (χ0) is 18.2. The molecule has 0 aromatic heterocycles. The normalized spacial score (nSPS) is 13.0. The van der Waals surface area contributed by atoms with Crippen LogP contribution in [0.25, 0.3) is 0 Å². The summed E-state index contributed by atoms with van der Waals surface area (Å²) in [6, 6.07) is 15.3. The lowest BCUT2D eigenvalue weighted by atomic mass is 9.97. The minimum absolute atomic E-state index is 0.0401. The number of benzene rings is 2. The third kappa shape index (κ3) is 5.71. The molecule has 2 atom stereocenters. The van der Waals surface area contributed by atoms with Gasteiger partial charge in [-0.15, -0.1) is 0 Å². The Morgan fingerprint density at radius 3 is 2.36 bits per heavy atom. The van der Waals surface area contributed by atoms with Crippen LogP contribution in [0.1, 0.15) is 36.9 Å². The number of amides is 1. The topological polar surface area (TPSA) is 66.4 Å². The average Bonchev–Trinajstić information content (AvgIpc) is 2.61. The number of hydrogen-bond acceptors (Lipinski definition) is 2. The molecule has 2 aromatic carbocycles. The van der Waals surface area contributed by atoms with Gasteiger partial charge in [0.2, 0.25) is 5.91 Å². The molecule has 4 nitrogen and oxygen atoms in total. The van der Waals surface area contributed by atoms with E-state index < -0.39 is 11.9 Å². The number of carbonyl (C=O) groups is 2. The summed E-state index contributed by atoms with van der Waals surface area (Å²) >= 11 is 0. The smallest absolute Gasteiger partial charge is 0.303 e. The number of carboxylic acids is 1. The summed E-state index contributed by atoms with van der Waals surface area (Å²) in [6.45, 7) is 1.74. The van der Waals surface area contributed by atoms with E-state index in [2.05, 4.69) is 5.32 Å². The van der Waals surface area contributed by atoms with Gasteiger partial charge in [0.05, 0.1) is 6.04 Å². The summed E-state index contributed by atoms with van der Waals surface area (Å²) in [4.78, 5) is 23.4. The van der Waals surface area contributed by atoms with E-state index in [-0.39, 0.29) is 24.2 Å².